The van der Waals surface area contributed by atoms with Crippen LogP contribution in [0, 0.1) is 5.41 Å². The van der Waals surface area contributed by atoms with Gasteiger partial charge in [0, 0.05) is 6.20 Å². The molecule has 0 unspecified atom stereocenters. The Morgan fingerprint density at radius 1 is 0.857 bits per heavy atom. The Labute approximate surface area is 171 Å². The molecule has 1 aliphatic heterocycles. The van der Waals surface area contributed by atoms with Crippen molar-refractivity contribution in [3.63, 3.8) is 0 Å². The fourth-order valence-electron chi connectivity index (χ4n) is 3.87. The molecule has 0 atom stereocenters. The smallest absolute Gasteiger partial charge is 0.237 e. The van der Waals surface area contributed by atoms with Gasteiger partial charge in [0.05, 0.1) is 5.69 Å². The van der Waals surface area contributed by atoms with Gasteiger partial charge in [0.1, 0.15) is 0 Å². The first kappa shape index (κ1) is 20.4. The molecule has 0 fully saturated rings. The second-order valence-corrected chi connectivity index (χ2v) is 8.58. The second kappa shape index (κ2) is 8.77. The van der Waals surface area contributed by atoms with Gasteiger partial charge in [-0.1, -0.05) is 107 Å². The van der Waals surface area contributed by atoms with Crippen molar-refractivity contribution >= 4 is 34.0 Å². The molecule has 4 rings (SSSR count). The van der Waals surface area contributed by atoms with Gasteiger partial charge in [-0.15, -0.1) is 0 Å². The third-order valence-corrected chi connectivity index (χ3v) is 5.63. The van der Waals surface area contributed by atoms with Crippen molar-refractivity contribution in [2.24, 2.45) is 5.41 Å². The molecule has 0 spiro atoms. The van der Waals surface area contributed by atoms with Crippen LogP contribution in [0.3, 0.4) is 0 Å². The van der Waals surface area contributed by atoms with Gasteiger partial charge in [-0.3, -0.25) is 4.98 Å². The Balaban J connectivity index is 0.000000706. The summed E-state index contributed by atoms with van der Waals surface area (Å²) in [5.41, 5.74) is 5.63. The molecule has 1 aromatic heterocycles. The third-order valence-electron chi connectivity index (χ3n) is 5.63. The SMILES string of the molecule is CCC.CCC(C)(C)CC1=CB(c2cccc3ccccc23)c2cccnc21. The third kappa shape index (κ3) is 4.22. The summed E-state index contributed by atoms with van der Waals surface area (Å²) in [5.74, 6) is 2.46. The number of aromatic nitrogens is 1. The molecule has 1 nitrogen and oxygen atoms in total. The van der Waals surface area contributed by atoms with E-state index in [1.807, 2.05) is 6.20 Å². The van der Waals surface area contributed by atoms with Gasteiger partial charge in [0.15, 0.2) is 0 Å². The van der Waals surface area contributed by atoms with E-state index in [4.69, 9.17) is 4.98 Å². The van der Waals surface area contributed by atoms with Crippen molar-refractivity contribution in [3.8, 4) is 0 Å². The summed E-state index contributed by atoms with van der Waals surface area (Å²) >= 11 is 0. The molecule has 0 bridgehead atoms. The molecule has 0 saturated heterocycles. The number of fused-ring (bicyclic) bond motifs is 2. The number of hydrogen-bond acceptors (Lipinski definition) is 1. The Hall–Kier alpha value is -2.35. The van der Waals surface area contributed by atoms with Gasteiger partial charge >= 0.3 is 0 Å². The van der Waals surface area contributed by atoms with Gasteiger partial charge < -0.3 is 0 Å². The van der Waals surface area contributed by atoms with Crippen LogP contribution in [-0.4, -0.2) is 11.7 Å². The highest BCUT2D eigenvalue weighted by atomic mass is 14.7. The summed E-state index contributed by atoms with van der Waals surface area (Å²) in [7, 11) is 0. The largest absolute Gasteiger partial charge is 0.257 e. The summed E-state index contributed by atoms with van der Waals surface area (Å²) in [6.45, 7) is 11.5. The minimum absolute atomic E-state index is 0.300. The van der Waals surface area contributed by atoms with Crippen molar-refractivity contribution < 1.29 is 0 Å². The number of pyridine rings is 1. The number of hydrogen-bond donors (Lipinski definition) is 0. The molecule has 0 aliphatic carbocycles. The highest BCUT2D eigenvalue weighted by molar-refractivity contribution is 6.93. The first-order chi connectivity index (χ1) is 13.5. The molecule has 2 heteroatoms. The lowest BCUT2D eigenvalue weighted by molar-refractivity contribution is 0.362. The fourth-order valence-corrected chi connectivity index (χ4v) is 3.87. The molecule has 144 valence electrons. The maximum atomic E-state index is 4.75. The average Bonchev–Trinajstić information content (AvgIpc) is 3.06. The van der Waals surface area contributed by atoms with Crippen molar-refractivity contribution in [2.45, 2.75) is 53.9 Å². The molecule has 1 aliphatic rings. The Kier molecular flexibility index (Phi) is 6.39. The quantitative estimate of drug-likeness (QED) is 0.512. The molecule has 0 N–H and O–H groups in total. The summed E-state index contributed by atoms with van der Waals surface area (Å²) in [6.07, 6.45) is 5.43. The highest BCUT2D eigenvalue weighted by Crippen LogP contribution is 2.34. The van der Waals surface area contributed by atoms with E-state index in [2.05, 4.69) is 95.2 Å². The van der Waals surface area contributed by atoms with Crippen LogP contribution < -0.4 is 10.9 Å². The van der Waals surface area contributed by atoms with Crippen LogP contribution in [0.4, 0.5) is 0 Å². The number of benzene rings is 2. The molecular formula is C26H32BN. The zero-order valence-electron chi connectivity index (χ0n) is 18.0. The first-order valence-corrected chi connectivity index (χ1v) is 10.6. The van der Waals surface area contributed by atoms with E-state index in [0.717, 1.165) is 6.42 Å². The van der Waals surface area contributed by atoms with Crippen molar-refractivity contribution in [1.82, 2.24) is 4.98 Å². The van der Waals surface area contributed by atoms with Gasteiger partial charge in [0.2, 0.25) is 6.71 Å². The van der Waals surface area contributed by atoms with Crippen molar-refractivity contribution in [2.75, 3.05) is 0 Å². The molecule has 0 saturated carbocycles. The normalized spacial score (nSPS) is 13.0. The van der Waals surface area contributed by atoms with Crippen molar-refractivity contribution in [1.29, 1.82) is 0 Å². The maximum Gasteiger partial charge on any atom is 0.237 e. The Morgan fingerprint density at radius 2 is 1.54 bits per heavy atom. The fraction of sp³-hybridized carbons (Fsp3) is 0.346. The van der Waals surface area contributed by atoms with Crippen LogP contribution in [0.2, 0.25) is 0 Å². The summed E-state index contributed by atoms with van der Waals surface area (Å²) in [5, 5.41) is 2.65. The van der Waals surface area contributed by atoms with E-state index in [1.165, 1.54) is 45.8 Å². The maximum absolute atomic E-state index is 4.75. The summed E-state index contributed by atoms with van der Waals surface area (Å²) in [4.78, 5) is 4.75. The molecule has 28 heavy (non-hydrogen) atoms. The zero-order chi connectivity index (χ0) is 20.1. The van der Waals surface area contributed by atoms with E-state index >= 15 is 0 Å². The van der Waals surface area contributed by atoms with Crippen molar-refractivity contribution in [3.05, 3.63) is 72.5 Å². The van der Waals surface area contributed by atoms with Gasteiger partial charge in [-0.2, -0.15) is 0 Å². The monoisotopic (exact) mass is 369 g/mol. The van der Waals surface area contributed by atoms with E-state index in [-0.39, 0.29) is 0 Å². The zero-order valence-corrected chi connectivity index (χ0v) is 18.0. The summed E-state index contributed by atoms with van der Waals surface area (Å²) < 4.78 is 0. The molecule has 0 amide bonds. The van der Waals surface area contributed by atoms with Crippen LogP contribution in [0.15, 0.2) is 66.8 Å². The predicted molar refractivity (Wildman–Crippen MR) is 126 cm³/mol. The number of rotatable bonds is 4. The average molecular weight is 369 g/mol. The molecule has 2 heterocycles. The predicted octanol–water partition coefficient (Wildman–Crippen LogP) is 6.02. The topological polar surface area (TPSA) is 12.9 Å². The summed E-state index contributed by atoms with van der Waals surface area (Å²) in [6, 6.07) is 19.6. The number of nitrogens with zero attached hydrogens (tertiary/aromatic N) is 1. The molecule has 0 radical (unpaired) electrons. The minimum Gasteiger partial charge on any atom is -0.257 e. The van der Waals surface area contributed by atoms with E-state index in [1.54, 1.807) is 0 Å². The second-order valence-electron chi connectivity index (χ2n) is 8.58. The Morgan fingerprint density at radius 3 is 2.29 bits per heavy atom. The van der Waals surface area contributed by atoms with Crippen LogP contribution in [0.5, 0.6) is 0 Å². The van der Waals surface area contributed by atoms with Crippen LogP contribution >= 0.6 is 0 Å². The van der Waals surface area contributed by atoms with Gasteiger partial charge in [0.25, 0.3) is 0 Å². The van der Waals surface area contributed by atoms with Crippen LogP contribution in [0.1, 0.15) is 59.6 Å². The van der Waals surface area contributed by atoms with Crippen LogP contribution in [0.25, 0.3) is 16.3 Å². The van der Waals surface area contributed by atoms with Crippen LogP contribution in [-0.2, 0) is 0 Å². The number of allylic oxidation sites excluding steroid dienone is 1. The van der Waals surface area contributed by atoms with Gasteiger partial charge in [-0.05, 0) is 39.7 Å². The Bertz CT molecular complexity index is 966. The lowest BCUT2D eigenvalue weighted by atomic mass is 9.42. The highest BCUT2D eigenvalue weighted by Gasteiger charge is 2.32. The van der Waals surface area contributed by atoms with E-state index in [0.29, 0.717) is 12.1 Å². The molecule has 2 aromatic carbocycles. The van der Waals surface area contributed by atoms with E-state index in [9.17, 15) is 0 Å². The lowest BCUT2D eigenvalue weighted by Gasteiger charge is -2.23. The standard InChI is InChI=1S/C23H24BN.C3H8/c1-4-23(2,3)15-18-16-24(21-13-8-14-25-22(18)21)20-12-7-10-17-9-5-6-11-19(17)20;1-3-2/h5-14,16H,4,15H2,1-3H3;3H2,1-2H3. The lowest BCUT2D eigenvalue weighted by Crippen LogP contribution is -2.40. The molecule has 3 aromatic rings. The minimum atomic E-state index is 0.300. The van der Waals surface area contributed by atoms with E-state index < -0.39 is 0 Å². The molecular weight excluding hydrogens is 337 g/mol. The first-order valence-electron chi connectivity index (χ1n) is 10.6. The van der Waals surface area contributed by atoms with Gasteiger partial charge in [-0.25, -0.2) is 0 Å².